The van der Waals surface area contributed by atoms with E-state index in [1.54, 1.807) is 25.6 Å². The second-order valence-electron chi connectivity index (χ2n) is 5.60. The lowest BCUT2D eigenvalue weighted by Gasteiger charge is -2.17. The number of rotatable bonds is 10. The van der Waals surface area contributed by atoms with Gasteiger partial charge in [-0.1, -0.05) is 18.2 Å². The molecular weight excluding hydrogens is 322 g/mol. The monoisotopic (exact) mass is 347 g/mol. The third-order valence-corrected chi connectivity index (χ3v) is 4.79. The topological polar surface area (TPSA) is 47.6 Å². The number of thiophene rings is 1. The number of carbonyl (C=O) groups is 1. The predicted molar refractivity (Wildman–Crippen MR) is 97.9 cm³/mol. The Bertz CT molecular complexity index is 596. The summed E-state index contributed by atoms with van der Waals surface area (Å²) in [5.74, 6) is 0.691. The second kappa shape index (κ2) is 10.1. The van der Waals surface area contributed by atoms with Crippen molar-refractivity contribution in [1.29, 1.82) is 0 Å². The number of carbonyl (C=O) groups excluding carboxylic acids is 1. The third kappa shape index (κ3) is 5.65. The second-order valence-corrected chi connectivity index (χ2v) is 6.63. The highest BCUT2D eigenvalue weighted by atomic mass is 32.1. The lowest BCUT2D eigenvalue weighted by molar-refractivity contribution is -0.122. The smallest absolute Gasteiger partial charge is 0.227 e. The average molecular weight is 347 g/mol. The predicted octanol–water partition coefficient (Wildman–Crippen LogP) is 3.63. The zero-order valence-electron chi connectivity index (χ0n) is 14.3. The summed E-state index contributed by atoms with van der Waals surface area (Å²) in [5.41, 5.74) is 1.01. The number of benzene rings is 1. The highest BCUT2D eigenvalue weighted by Gasteiger charge is 2.21. The fourth-order valence-corrected chi connectivity index (χ4v) is 3.29. The summed E-state index contributed by atoms with van der Waals surface area (Å²) in [6.45, 7) is 1.41. The van der Waals surface area contributed by atoms with E-state index in [-0.39, 0.29) is 11.8 Å². The van der Waals surface area contributed by atoms with Crippen LogP contribution < -0.4 is 10.1 Å². The van der Waals surface area contributed by atoms with E-state index in [1.807, 2.05) is 35.7 Å². The Morgan fingerprint density at radius 3 is 2.58 bits per heavy atom. The standard InChI is InChI=1S/C19H25NO3S/c1-22-12-4-3-11-20-19(21)18(14-17-6-5-13-24-17)15-7-9-16(23-2)10-8-15/h5-10,13,18H,3-4,11-12,14H2,1-2H3,(H,20,21). The molecule has 130 valence electrons. The van der Waals surface area contributed by atoms with Crippen LogP contribution >= 0.6 is 11.3 Å². The maximum absolute atomic E-state index is 12.7. The summed E-state index contributed by atoms with van der Waals surface area (Å²) in [6, 6.07) is 11.9. The molecular formula is C19H25NO3S. The number of methoxy groups -OCH3 is 2. The molecule has 2 rings (SSSR count). The van der Waals surface area contributed by atoms with Crippen LogP contribution in [0.1, 0.15) is 29.2 Å². The highest BCUT2D eigenvalue weighted by Crippen LogP contribution is 2.25. The molecule has 0 bridgehead atoms. The van der Waals surface area contributed by atoms with Crippen LogP contribution in [0, 0.1) is 0 Å². The molecule has 0 spiro atoms. The maximum Gasteiger partial charge on any atom is 0.227 e. The fraction of sp³-hybridized carbons (Fsp3) is 0.421. The third-order valence-electron chi connectivity index (χ3n) is 3.89. The van der Waals surface area contributed by atoms with E-state index in [1.165, 1.54) is 4.88 Å². The van der Waals surface area contributed by atoms with Gasteiger partial charge in [0.15, 0.2) is 0 Å². The van der Waals surface area contributed by atoms with Gasteiger partial charge in [0.2, 0.25) is 5.91 Å². The van der Waals surface area contributed by atoms with Crippen molar-refractivity contribution in [3.8, 4) is 5.75 Å². The van der Waals surface area contributed by atoms with E-state index in [0.717, 1.165) is 30.8 Å². The minimum atomic E-state index is -0.183. The molecule has 1 amide bonds. The molecule has 0 aliphatic heterocycles. The van der Waals surface area contributed by atoms with Crippen molar-refractivity contribution in [2.45, 2.75) is 25.2 Å². The van der Waals surface area contributed by atoms with E-state index < -0.39 is 0 Å². The summed E-state index contributed by atoms with van der Waals surface area (Å²) < 4.78 is 10.2. The van der Waals surface area contributed by atoms with Crippen LogP contribution in [-0.4, -0.2) is 33.3 Å². The van der Waals surface area contributed by atoms with Crippen molar-refractivity contribution >= 4 is 17.2 Å². The SMILES string of the molecule is COCCCCNC(=O)C(Cc1cccs1)c1ccc(OC)cc1. The first kappa shape index (κ1) is 18.5. The van der Waals surface area contributed by atoms with Crippen molar-refractivity contribution in [3.63, 3.8) is 0 Å². The summed E-state index contributed by atoms with van der Waals surface area (Å²) in [7, 11) is 3.34. The molecule has 24 heavy (non-hydrogen) atoms. The van der Waals surface area contributed by atoms with Gasteiger partial charge in [-0.05, 0) is 48.4 Å². The van der Waals surface area contributed by atoms with Gasteiger partial charge in [-0.25, -0.2) is 0 Å². The zero-order chi connectivity index (χ0) is 17.2. The number of hydrogen-bond donors (Lipinski definition) is 1. The van der Waals surface area contributed by atoms with Crippen molar-refractivity contribution in [1.82, 2.24) is 5.32 Å². The number of unbranched alkanes of at least 4 members (excludes halogenated alkanes) is 1. The van der Waals surface area contributed by atoms with E-state index in [4.69, 9.17) is 9.47 Å². The molecule has 1 aromatic carbocycles. The molecule has 4 nitrogen and oxygen atoms in total. The van der Waals surface area contributed by atoms with Gasteiger partial charge >= 0.3 is 0 Å². The first-order valence-electron chi connectivity index (χ1n) is 8.17. The molecule has 0 fully saturated rings. The fourth-order valence-electron chi connectivity index (χ4n) is 2.53. The normalized spacial score (nSPS) is 11.9. The lowest BCUT2D eigenvalue weighted by atomic mass is 9.94. The Morgan fingerprint density at radius 2 is 1.96 bits per heavy atom. The van der Waals surface area contributed by atoms with Crippen LogP contribution in [0.5, 0.6) is 5.75 Å². The molecule has 0 saturated carbocycles. The van der Waals surface area contributed by atoms with Crippen LogP contribution in [0.3, 0.4) is 0 Å². The quantitative estimate of drug-likeness (QED) is 0.668. The number of hydrogen-bond acceptors (Lipinski definition) is 4. The van der Waals surface area contributed by atoms with E-state index in [2.05, 4.69) is 11.4 Å². The van der Waals surface area contributed by atoms with Gasteiger partial charge in [0.05, 0.1) is 13.0 Å². The van der Waals surface area contributed by atoms with Crippen LogP contribution in [0.4, 0.5) is 0 Å². The Morgan fingerprint density at radius 1 is 1.17 bits per heavy atom. The highest BCUT2D eigenvalue weighted by molar-refractivity contribution is 7.09. The van der Waals surface area contributed by atoms with Gasteiger partial charge < -0.3 is 14.8 Å². The molecule has 1 aromatic heterocycles. The van der Waals surface area contributed by atoms with Gasteiger partial charge in [-0.15, -0.1) is 11.3 Å². The molecule has 2 aromatic rings. The Kier molecular flexibility index (Phi) is 7.79. The van der Waals surface area contributed by atoms with Crippen molar-refractivity contribution < 1.29 is 14.3 Å². The Balaban J connectivity index is 2.02. The van der Waals surface area contributed by atoms with Crippen LogP contribution in [-0.2, 0) is 16.0 Å². The van der Waals surface area contributed by atoms with Crippen LogP contribution in [0.25, 0.3) is 0 Å². The summed E-state index contributed by atoms with van der Waals surface area (Å²) in [4.78, 5) is 13.9. The number of nitrogens with one attached hydrogen (secondary N) is 1. The average Bonchev–Trinajstić information content (AvgIpc) is 3.13. The molecule has 0 aliphatic rings. The molecule has 0 saturated heterocycles. The lowest BCUT2D eigenvalue weighted by Crippen LogP contribution is -2.31. The molecule has 1 atom stereocenters. The van der Waals surface area contributed by atoms with Gasteiger partial charge in [0.1, 0.15) is 5.75 Å². The molecule has 5 heteroatoms. The van der Waals surface area contributed by atoms with Crippen molar-refractivity contribution in [3.05, 3.63) is 52.2 Å². The van der Waals surface area contributed by atoms with E-state index in [9.17, 15) is 4.79 Å². The van der Waals surface area contributed by atoms with Crippen molar-refractivity contribution in [2.24, 2.45) is 0 Å². The summed E-state index contributed by atoms with van der Waals surface area (Å²) >= 11 is 1.68. The zero-order valence-corrected chi connectivity index (χ0v) is 15.1. The Hall–Kier alpha value is -1.85. The largest absolute Gasteiger partial charge is 0.497 e. The molecule has 1 unspecified atom stereocenters. The molecule has 0 radical (unpaired) electrons. The molecule has 0 aliphatic carbocycles. The Labute approximate surface area is 147 Å². The van der Waals surface area contributed by atoms with Gasteiger partial charge in [0, 0.05) is 25.1 Å². The molecule has 1 N–H and O–H groups in total. The van der Waals surface area contributed by atoms with E-state index in [0.29, 0.717) is 13.0 Å². The number of amides is 1. The van der Waals surface area contributed by atoms with Crippen molar-refractivity contribution in [2.75, 3.05) is 27.4 Å². The van der Waals surface area contributed by atoms with Gasteiger partial charge in [-0.2, -0.15) is 0 Å². The first-order valence-corrected chi connectivity index (χ1v) is 9.05. The summed E-state index contributed by atoms with van der Waals surface area (Å²) in [5, 5.41) is 5.10. The molecule has 1 heterocycles. The van der Waals surface area contributed by atoms with Crippen LogP contribution in [0.15, 0.2) is 41.8 Å². The minimum absolute atomic E-state index is 0.0750. The minimum Gasteiger partial charge on any atom is -0.497 e. The van der Waals surface area contributed by atoms with Gasteiger partial charge in [-0.3, -0.25) is 4.79 Å². The van der Waals surface area contributed by atoms with Crippen LogP contribution in [0.2, 0.25) is 0 Å². The first-order chi connectivity index (χ1) is 11.7. The van der Waals surface area contributed by atoms with Gasteiger partial charge in [0.25, 0.3) is 0 Å². The number of ether oxygens (including phenoxy) is 2. The maximum atomic E-state index is 12.7. The van der Waals surface area contributed by atoms with E-state index >= 15 is 0 Å². The summed E-state index contributed by atoms with van der Waals surface area (Å²) in [6.07, 6.45) is 2.59.